The van der Waals surface area contributed by atoms with Crippen LogP contribution in [0.25, 0.3) is 0 Å². The van der Waals surface area contributed by atoms with E-state index in [0.29, 0.717) is 0 Å². The first kappa shape index (κ1) is 12.4. The number of anilines is 1. The highest BCUT2D eigenvalue weighted by molar-refractivity contribution is 5.96. The van der Waals surface area contributed by atoms with Gasteiger partial charge in [0.25, 0.3) is 0 Å². The van der Waals surface area contributed by atoms with Crippen molar-refractivity contribution >= 4 is 11.6 Å². The van der Waals surface area contributed by atoms with E-state index in [2.05, 4.69) is 0 Å². The van der Waals surface area contributed by atoms with E-state index in [4.69, 9.17) is 0 Å². The molecule has 0 spiro atoms. The predicted molar refractivity (Wildman–Crippen MR) is 46.0 cm³/mol. The molecule has 1 rings (SSSR count). The van der Waals surface area contributed by atoms with Gasteiger partial charge in [0, 0.05) is 5.69 Å². The average Bonchev–Trinajstić information content (AvgIpc) is 2.21. The predicted octanol–water partition coefficient (Wildman–Crippen LogP) is 2.66. The Kier molecular flexibility index (Phi) is 3.46. The number of nitrogens with one attached hydrogen (secondary N) is 1. The molecule has 7 heteroatoms. The number of carbonyl (C=O) groups is 1. The fourth-order valence-electron chi connectivity index (χ4n) is 0.847. The molecule has 0 aliphatic rings. The van der Waals surface area contributed by atoms with Crippen LogP contribution in [0.1, 0.15) is 0 Å². The third-order valence-electron chi connectivity index (χ3n) is 1.68. The van der Waals surface area contributed by atoms with E-state index in [9.17, 15) is 26.7 Å². The highest BCUT2D eigenvalue weighted by Gasteiger charge is 2.48. The van der Waals surface area contributed by atoms with Crippen LogP contribution in [-0.2, 0) is 4.79 Å². The van der Waals surface area contributed by atoms with Crippen LogP contribution >= 0.6 is 0 Å². The fraction of sp³-hybridized carbons (Fsp3) is 0.222. The molecule has 1 N–H and O–H groups in total. The number of benzene rings is 1. The minimum Gasteiger partial charge on any atom is -0.321 e. The van der Waals surface area contributed by atoms with Crippen molar-refractivity contribution in [1.82, 2.24) is 0 Å². The summed E-state index contributed by atoms with van der Waals surface area (Å²) < 4.78 is 60.9. The molecule has 0 bridgehead atoms. The number of carbonyl (C=O) groups excluding carboxylic acids is 1. The first-order valence-corrected chi connectivity index (χ1v) is 4.07. The summed E-state index contributed by atoms with van der Waals surface area (Å²) in [5, 5.41) is 1.56. The third-order valence-corrected chi connectivity index (χ3v) is 1.68. The molecule has 1 aromatic carbocycles. The highest BCUT2D eigenvalue weighted by atomic mass is 19.3. The number of hydrogen-bond acceptors (Lipinski definition) is 1. The van der Waals surface area contributed by atoms with Gasteiger partial charge in [0.15, 0.2) is 0 Å². The zero-order valence-corrected chi connectivity index (χ0v) is 7.68. The highest BCUT2D eigenvalue weighted by Crippen LogP contribution is 2.24. The first-order valence-electron chi connectivity index (χ1n) is 4.07. The van der Waals surface area contributed by atoms with Crippen LogP contribution in [0.5, 0.6) is 0 Å². The van der Waals surface area contributed by atoms with Crippen LogP contribution in [-0.4, -0.2) is 18.3 Å². The minimum absolute atomic E-state index is 0.188. The van der Waals surface area contributed by atoms with Crippen LogP contribution in [0.4, 0.5) is 27.6 Å². The van der Waals surface area contributed by atoms with E-state index in [-0.39, 0.29) is 5.69 Å². The lowest BCUT2D eigenvalue weighted by Crippen LogP contribution is -2.40. The largest absolute Gasteiger partial charge is 0.383 e. The lowest BCUT2D eigenvalue weighted by atomic mass is 10.2. The van der Waals surface area contributed by atoms with Crippen molar-refractivity contribution in [3.8, 4) is 0 Å². The van der Waals surface area contributed by atoms with E-state index in [1.54, 1.807) is 5.32 Å². The van der Waals surface area contributed by atoms with Crippen LogP contribution in [0.15, 0.2) is 24.3 Å². The number of amides is 1. The van der Waals surface area contributed by atoms with Gasteiger partial charge in [0.2, 0.25) is 0 Å². The summed E-state index contributed by atoms with van der Waals surface area (Å²) in [7, 11) is 0. The Morgan fingerprint density at radius 2 is 1.69 bits per heavy atom. The minimum atomic E-state index is -4.77. The first-order chi connectivity index (χ1) is 7.34. The van der Waals surface area contributed by atoms with Gasteiger partial charge in [-0.25, -0.2) is 13.2 Å². The molecule has 0 aromatic heterocycles. The van der Waals surface area contributed by atoms with E-state index in [0.717, 1.165) is 24.3 Å². The van der Waals surface area contributed by atoms with Crippen LogP contribution in [0.3, 0.4) is 0 Å². The molecule has 0 heterocycles. The quantitative estimate of drug-likeness (QED) is 0.807. The number of alkyl halides is 4. The van der Waals surface area contributed by atoms with Gasteiger partial charge in [0.05, 0.1) is 0 Å². The van der Waals surface area contributed by atoms with Crippen molar-refractivity contribution in [1.29, 1.82) is 0 Å². The van der Waals surface area contributed by atoms with Gasteiger partial charge in [-0.1, -0.05) is 0 Å². The molecular formula is C9H6F5NO. The molecule has 88 valence electrons. The van der Waals surface area contributed by atoms with Crippen LogP contribution < -0.4 is 5.32 Å². The maximum Gasteiger partial charge on any atom is 0.383 e. The Labute approximate surface area is 87.1 Å². The van der Waals surface area contributed by atoms with Gasteiger partial charge >= 0.3 is 18.3 Å². The van der Waals surface area contributed by atoms with Gasteiger partial charge < -0.3 is 5.32 Å². The zero-order chi connectivity index (χ0) is 12.3. The van der Waals surface area contributed by atoms with Crippen molar-refractivity contribution in [3.05, 3.63) is 30.1 Å². The van der Waals surface area contributed by atoms with Crippen molar-refractivity contribution < 1.29 is 26.7 Å². The molecule has 0 aliphatic carbocycles. The zero-order valence-electron chi connectivity index (χ0n) is 7.68. The van der Waals surface area contributed by atoms with Crippen molar-refractivity contribution in [2.75, 3.05) is 5.32 Å². The van der Waals surface area contributed by atoms with Crippen LogP contribution in [0, 0.1) is 5.82 Å². The summed E-state index contributed by atoms with van der Waals surface area (Å²) in [6.07, 6.45) is -4.09. The lowest BCUT2D eigenvalue weighted by Gasteiger charge is -2.14. The van der Waals surface area contributed by atoms with Crippen molar-refractivity contribution in [3.63, 3.8) is 0 Å². The number of hydrogen-bond donors (Lipinski definition) is 1. The lowest BCUT2D eigenvalue weighted by molar-refractivity contribution is -0.163. The second-order valence-electron chi connectivity index (χ2n) is 2.88. The second-order valence-corrected chi connectivity index (χ2v) is 2.88. The van der Waals surface area contributed by atoms with E-state index < -0.39 is 24.1 Å². The standard InChI is InChI=1S/C9H6F5NO/c10-5-1-3-6(4-2-5)15-8(16)9(13,14)7(11)12/h1-4,7H,(H,15,16). The molecular weight excluding hydrogens is 233 g/mol. The fourth-order valence-corrected chi connectivity index (χ4v) is 0.847. The third kappa shape index (κ3) is 2.68. The summed E-state index contributed by atoms with van der Waals surface area (Å²) >= 11 is 0. The summed E-state index contributed by atoms with van der Waals surface area (Å²) in [5.41, 5.74) is -0.188. The Bertz CT molecular complexity index is 376. The van der Waals surface area contributed by atoms with Gasteiger partial charge in [-0.05, 0) is 24.3 Å². The molecule has 0 saturated heterocycles. The van der Waals surface area contributed by atoms with Gasteiger partial charge in [-0.3, -0.25) is 4.79 Å². The van der Waals surface area contributed by atoms with E-state index in [1.165, 1.54) is 0 Å². The summed E-state index contributed by atoms with van der Waals surface area (Å²) in [4.78, 5) is 10.7. The maximum atomic E-state index is 12.5. The van der Waals surface area contributed by atoms with Gasteiger partial charge in [0.1, 0.15) is 5.82 Å². The number of halogens is 5. The van der Waals surface area contributed by atoms with Gasteiger partial charge in [-0.2, -0.15) is 8.78 Å². The maximum absolute atomic E-state index is 12.5. The molecule has 0 radical (unpaired) electrons. The Balaban J connectivity index is 2.75. The van der Waals surface area contributed by atoms with E-state index >= 15 is 0 Å². The molecule has 0 saturated carbocycles. The van der Waals surface area contributed by atoms with Gasteiger partial charge in [-0.15, -0.1) is 0 Å². The Morgan fingerprint density at radius 1 is 1.19 bits per heavy atom. The monoisotopic (exact) mass is 239 g/mol. The molecule has 2 nitrogen and oxygen atoms in total. The normalized spacial score (nSPS) is 11.6. The number of rotatable bonds is 3. The average molecular weight is 239 g/mol. The summed E-state index contributed by atoms with van der Waals surface area (Å²) in [6.45, 7) is 0. The molecule has 0 unspecified atom stereocenters. The molecule has 1 amide bonds. The summed E-state index contributed by atoms with van der Waals surface area (Å²) in [5.74, 6) is -7.54. The molecule has 0 fully saturated rings. The Morgan fingerprint density at radius 3 is 2.12 bits per heavy atom. The second kappa shape index (κ2) is 4.46. The summed E-state index contributed by atoms with van der Waals surface area (Å²) in [6, 6.07) is 3.76. The molecule has 16 heavy (non-hydrogen) atoms. The molecule has 0 atom stereocenters. The van der Waals surface area contributed by atoms with Crippen LogP contribution in [0.2, 0.25) is 0 Å². The molecule has 0 aliphatic heterocycles. The smallest absolute Gasteiger partial charge is 0.321 e. The SMILES string of the molecule is O=C(Nc1ccc(F)cc1)C(F)(F)C(F)F. The van der Waals surface area contributed by atoms with Crippen molar-refractivity contribution in [2.24, 2.45) is 0 Å². The topological polar surface area (TPSA) is 29.1 Å². The van der Waals surface area contributed by atoms with Crippen molar-refractivity contribution in [2.45, 2.75) is 12.3 Å². The Hall–Kier alpha value is -1.66. The van der Waals surface area contributed by atoms with E-state index in [1.807, 2.05) is 0 Å². The molecule has 1 aromatic rings.